The lowest BCUT2D eigenvalue weighted by Gasteiger charge is -2.60. The van der Waals surface area contributed by atoms with E-state index in [1.165, 1.54) is 9.80 Å². The van der Waals surface area contributed by atoms with E-state index in [0.717, 1.165) is 44.7 Å². The number of piperidine rings is 2. The van der Waals surface area contributed by atoms with Crippen LogP contribution in [0, 0.1) is 17.8 Å². The zero-order chi connectivity index (χ0) is 17.3. The minimum atomic E-state index is -0.443. The first-order valence-corrected chi connectivity index (χ1v) is 8.93. The number of Topliss-reactive ketones (excluding diaryl/α,β-unsaturated/α-hetero) is 1. The molecule has 0 spiro atoms. The van der Waals surface area contributed by atoms with E-state index in [2.05, 4.69) is 23.8 Å². The molecule has 7 heteroatoms. The van der Waals surface area contributed by atoms with Gasteiger partial charge in [-0.15, -0.1) is 0 Å². The van der Waals surface area contributed by atoms with Crippen LogP contribution in [0.2, 0.25) is 0 Å². The molecule has 4 aliphatic rings. The van der Waals surface area contributed by atoms with Crippen molar-refractivity contribution in [2.45, 2.75) is 39.8 Å². The third-order valence-electron chi connectivity index (χ3n) is 6.90. The van der Waals surface area contributed by atoms with Gasteiger partial charge in [0.05, 0.1) is 0 Å². The molecular formula is C17H26N4O3+2. The Kier molecular flexibility index (Phi) is 3.22. The molecule has 1 aromatic heterocycles. The van der Waals surface area contributed by atoms with Gasteiger partial charge in [0.2, 0.25) is 0 Å². The molecule has 130 valence electrons. The number of hydrogen-bond donors (Lipinski definition) is 4. The van der Waals surface area contributed by atoms with Crippen LogP contribution in [0.1, 0.15) is 44.1 Å². The highest BCUT2D eigenvalue weighted by Crippen LogP contribution is 2.40. The summed E-state index contributed by atoms with van der Waals surface area (Å²) in [4.78, 5) is 44.9. The van der Waals surface area contributed by atoms with Crippen molar-refractivity contribution in [2.75, 3.05) is 26.2 Å². The van der Waals surface area contributed by atoms with Crippen LogP contribution < -0.4 is 21.0 Å². The van der Waals surface area contributed by atoms with Crippen LogP contribution in [0.15, 0.2) is 9.59 Å². The molecule has 0 radical (unpaired) electrons. The standard InChI is InChI=1S/C17H24N4O3/c1-4-16-6-20-8-17(5-2,14(16)23)9-21(7-16)13(20)11-10(3)12(22)19-15(24)18-11/h13H,4-9H2,1-3H3,(H2,18,19,22,24)/p+2. The summed E-state index contributed by atoms with van der Waals surface area (Å²) in [5, 5.41) is 0. The lowest BCUT2D eigenvalue weighted by molar-refractivity contribution is -1.18. The molecule has 4 aliphatic heterocycles. The molecule has 24 heavy (non-hydrogen) atoms. The maximum Gasteiger partial charge on any atom is 0.326 e. The second kappa shape index (κ2) is 4.89. The molecular weight excluding hydrogens is 308 g/mol. The molecule has 4 fully saturated rings. The first kappa shape index (κ1) is 15.8. The lowest BCUT2D eigenvalue weighted by Crippen LogP contribution is -3.41. The van der Waals surface area contributed by atoms with Crippen molar-refractivity contribution in [3.8, 4) is 0 Å². The Morgan fingerprint density at radius 1 is 0.958 bits per heavy atom. The van der Waals surface area contributed by atoms with Crippen LogP contribution in [-0.4, -0.2) is 41.9 Å². The molecule has 0 amide bonds. The number of aromatic amines is 2. The molecule has 0 aromatic carbocycles. The summed E-state index contributed by atoms with van der Waals surface area (Å²) < 4.78 is 0. The van der Waals surface area contributed by atoms with E-state index < -0.39 is 5.69 Å². The van der Waals surface area contributed by atoms with Gasteiger partial charge in [-0.1, -0.05) is 13.8 Å². The summed E-state index contributed by atoms with van der Waals surface area (Å²) >= 11 is 0. The summed E-state index contributed by atoms with van der Waals surface area (Å²) in [5.74, 6) is 0.460. The predicted octanol–water partition coefficient (Wildman–Crippen LogP) is -2.46. The fourth-order valence-electron chi connectivity index (χ4n) is 5.65. The largest absolute Gasteiger partial charge is 0.326 e. The van der Waals surface area contributed by atoms with Crippen LogP contribution in [0.4, 0.5) is 0 Å². The van der Waals surface area contributed by atoms with E-state index in [1.54, 1.807) is 6.92 Å². The predicted molar refractivity (Wildman–Crippen MR) is 87.0 cm³/mol. The van der Waals surface area contributed by atoms with Gasteiger partial charge in [-0.25, -0.2) is 4.79 Å². The monoisotopic (exact) mass is 334 g/mol. The first-order chi connectivity index (χ1) is 11.4. The zero-order valence-corrected chi connectivity index (χ0v) is 14.5. The van der Waals surface area contributed by atoms with Gasteiger partial charge in [0.25, 0.3) is 11.7 Å². The summed E-state index contributed by atoms with van der Waals surface area (Å²) in [6, 6.07) is 0. The van der Waals surface area contributed by atoms with Crippen molar-refractivity contribution in [3.05, 3.63) is 32.1 Å². The quantitative estimate of drug-likeness (QED) is 0.494. The number of quaternary nitrogens is 2. The molecule has 1 aromatic rings. The first-order valence-electron chi connectivity index (χ1n) is 8.93. The zero-order valence-electron chi connectivity index (χ0n) is 14.5. The van der Waals surface area contributed by atoms with Gasteiger partial charge >= 0.3 is 5.69 Å². The van der Waals surface area contributed by atoms with Crippen molar-refractivity contribution in [1.82, 2.24) is 9.97 Å². The van der Waals surface area contributed by atoms with Crippen molar-refractivity contribution in [1.29, 1.82) is 0 Å². The van der Waals surface area contributed by atoms with Crippen molar-refractivity contribution < 1.29 is 14.6 Å². The Morgan fingerprint density at radius 2 is 1.46 bits per heavy atom. The minimum absolute atomic E-state index is 0.0486. The Labute approximate surface area is 140 Å². The number of carbonyl (C=O) groups is 1. The SMILES string of the molecule is CCC12C[NH+]3CC(CC)(C[NH+](C1)C3c1[nH]c(=O)[nH]c(=O)c1C)C2=O. The van der Waals surface area contributed by atoms with Gasteiger partial charge < -0.3 is 4.98 Å². The van der Waals surface area contributed by atoms with E-state index in [9.17, 15) is 14.4 Å². The van der Waals surface area contributed by atoms with Gasteiger partial charge in [-0.3, -0.25) is 24.4 Å². The molecule has 0 aliphatic carbocycles. The van der Waals surface area contributed by atoms with Gasteiger partial charge in [-0.2, -0.15) is 0 Å². The van der Waals surface area contributed by atoms with E-state index in [0.29, 0.717) is 11.3 Å². The Morgan fingerprint density at radius 3 is 1.92 bits per heavy atom. The number of aromatic nitrogens is 2. The number of nitrogens with one attached hydrogen (secondary N) is 4. The van der Waals surface area contributed by atoms with Gasteiger partial charge in [-0.05, 0) is 19.8 Å². The number of rotatable bonds is 3. The third kappa shape index (κ3) is 1.82. The highest BCUT2D eigenvalue weighted by Gasteiger charge is 2.70. The van der Waals surface area contributed by atoms with E-state index in [-0.39, 0.29) is 22.6 Å². The van der Waals surface area contributed by atoms with Crippen LogP contribution in [0.25, 0.3) is 0 Å². The average molecular weight is 334 g/mol. The lowest BCUT2D eigenvalue weighted by atomic mass is 9.58. The molecule has 5 rings (SSSR count). The third-order valence-corrected chi connectivity index (χ3v) is 6.90. The van der Waals surface area contributed by atoms with Crippen LogP contribution in [0.3, 0.4) is 0 Å². The van der Waals surface area contributed by atoms with Crippen LogP contribution in [-0.2, 0) is 4.79 Å². The summed E-state index contributed by atoms with van der Waals surface area (Å²) in [6.07, 6.45) is 1.79. The van der Waals surface area contributed by atoms with Crippen molar-refractivity contribution in [3.63, 3.8) is 0 Å². The fourth-order valence-corrected chi connectivity index (χ4v) is 5.65. The molecule has 0 unspecified atom stereocenters. The molecule has 5 heterocycles. The topological polar surface area (TPSA) is 91.7 Å². The highest BCUT2D eigenvalue weighted by atomic mass is 16.2. The number of H-pyrrole nitrogens is 2. The van der Waals surface area contributed by atoms with Crippen LogP contribution in [0.5, 0.6) is 0 Å². The van der Waals surface area contributed by atoms with Crippen molar-refractivity contribution >= 4 is 5.78 Å². The number of carbonyl (C=O) groups excluding carboxylic acids is 1. The highest BCUT2D eigenvalue weighted by molar-refractivity contribution is 5.92. The molecule has 7 nitrogen and oxygen atoms in total. The van der Waals surface area contributed by atoms with Gasteiger partial charge in [0.15, 0.2) is 5.78 Å². The summed E-state index contributed by atoms with van der Waals surface area (Å²) in [5.41, 5.74) is 0.121. The van der Waals surface area contributed by atoms with Gasteiger partial charge in [0, 0.05) is 5.56 Å². The molecule has 4 saturated heterocycles. The molecule has 0 atom stereocenters. The fraction of sp³-hybridized carbons (Fsp3) is 0.706. The Balaban J connectivity index is 1.83. The number of ketones is 1. The van der Waals surface area contributed by atoms with Crippen LogP contribution >= 0.6 is 0 Å². The maximum atomic E-state index is 13.2. The smallest absolute Gasteiger partial charge is 0.300 e. The molecule has 4 bridgehead atoms. The van der Waals surface area contributed by atoms with E-state index in [4.69, 9.17) is 0 Å². The minimum Gasteiger partial charge on any atom is -0.300 e. The second-order valence-electron chi connectivity index (χ2n) is 8.00. The van der Waals surface area contributed by atoms with Crippen molar-refractivity contribution in [2.24, 2.45) is 10.8 Å². The summed E-state index contributed by atoms with van der Waals surface area (Å²) in [6.45, 7) is 9.25. The normalized spacial score (nSPS) is 40.3. The Hall–Kier alpha value is -1.73. The van der Waals surface area contributed by atoms with E-state index >= 15 is 0 Å². The number of hydrogen-bond acceptors (Lipinski definition) is 3. The summed E-state index contributed by atoms with van der Waals surface area (Å²) in [7, 11) is 0. The molecule has 0 saturated carbocycles. The Bertz CT molecular complexity index is 782. The second-order valence-corrected chi connectivity index (χ2v) is 8.00. The van der Waals surface area contributed by atoms with E-state index in [1.807, 2.05) is 0 Å². The van der Waals surface area contributed by atoms with Gasteiger partial charge in [0.1, 0.15) is 42.7 Å². The molecule has 4 N–H and O–H groups in total. The average Bonchev–Trinajstić information content (AvgIpc) is 2.55. The maximum absolute atomic E-state index is 13.2.